The van der Waals surface area contributed by atoms with E-state index in [0.29, 0.717) is 36.1 Å². The molecule has 0 saturated heterocycles. The van der Waals surface area contributed by atoms with Gasteiger partial charge < -0.3 is 80.6 Å². The third kappa shape index (κ3) is 33.2. The Kier molecular flexibility index (Phi) is 40.6. The van der Waals surface area contributed by atoms with Crippen LogP contribution in [0.5, 0.6) is 0 Å². The number of benzene rings is 2. The van der Waals surface area contributed by atoms with E-state index in [1.807, 2.05) is 13.8 Å². The summed E-state index contributed by atoms with van der Waals surface area (Å²) >= 11 is 1.39. The molecule has 1 saturated carbocycles. The van der Waals surface area contributed by atoms with E-state index in [-0.39, 0.29) is 132 Å². The van der Waals surface area contributed by atoms with Crippen molar-refractivity contribution in [3.8, 4) is 0 Å². The molecule has 0 radical (unpaired) electrons. The molecule has 1 aliphatic rings. The third-order valence-electron chi connectivity index (χ3n) is 16.2. The van der Waals surface area contributed by atoms with E-state index in [4.69, 9.17) is 36.0 Å². The van der Waals surface area contributed by atoms with E-state index in [1.165, 1.54) is 82.1 Å². The van der Waals surface area contributed by atoms with Gasteiger partial charge in [0.25, 0.3) is 0 Å². The molecule has 32 nitrogen and oxygen atoms in total. The number of primary sulfonamides is 2. The molecule has 1 atom stereocenters. The molecule has 2 aromatic rings. The number of nitrogens with one attached hydrogen (secondary N) is 2. The zero-order chi connectivity index (χ0) is 74.4. The number of carboxylic acid groups (broad SMARTS) is 1. The number of thioether (sulfide) groups is 1. The molecule has 564 valence electrons. The highest BCUT2D eigenvalue weighted by atomic mass is 32.2. The van der Waals surface area contributed by atoms with Crippen molar-refractivity contribution in [2.75, 3.05) is 157 Å². The number of aliphatic carboxylic acids is 1. The van der Waals surface area contributed by atoms with Crippen LogP contribution in [0.25, 0.3) is 0 Å². The van der Waals surface area contributed by atoms with Gasteiger partial charge in [-0.3, -0.25) is 43.2 Å². The van der Waals surface area contributed by atoms with Gasteiger partial charge in [-0.1, -0.05) is 57.4 Å². The van der Waals surface area contributed by atoms with Crippen LogP contribution in [0.3, 0.4) is 0 Å². The lowest BCUT2D eigenvalue weighted by Crippen LogP contribution is -2.53. The predicted octanol–water partition coefficient (Wildman–Crippen LogP) is -0.634. The molecule has 35 heteroatoms. The Morgan fingerprint density at radius 3 is 1.29 bits per heavy atom. The van der Waals surface area contributed by atoms with Gasteiger partial charge >= 0.3 is 5.97 Å². The minimum atomic E-state index is -4.09. The van der Waals surface area contributed by atoms with Crippen molar-refractivity contribution >= 4 is 90.9 Å². The van der Waals surface area contributed by atoms with Gasteiger partial charge in [0.2, 0.25) is 73.2 Å². The Bertz CT molecular complexity index is 3150. The predicted molar refractivity (Wildman–Crippen MR) is 375 cm³/mol. The van der Waals surface area contributed by atoms with Crippen molar-refractivity contribution in [1.82, 2.24) is 49.8 Å². The van der Waals surface area contributed by atoms with Crippen molar-refractivity contribution < 1.29 is 84.1 Å². The summed E-state index contributed by atoms with van der Waals surface area (Å²) in [6.07, 6.45) is 8.50. The van der Waals surface area contributed by atoms with Crippen LogP contribution in [0.4, 0.5) is 0 Å². The first-order valence-corrected chi connectivity index (χ1v) is 38.2. The lowest BCUT2D eigenvalue weighted by atomic mass is 9.95. The van der Waals surface area contributed by atoms with Gasteiger partial charge in [0.1, 0.15) is 45.9 Å². The Labute approximate surface area is 593 Å². The van der Waals surface area contributed by atoms with Crippen molar-refractivity contribution in [3.63, 3.8) is 0 Å². The largest absolute Gasteiger partial charge is 0.480 e. The Hall–Kier alpha value is -6.93. The number of nitrogens with zero attached hydrogens (tertiary/aromatic N) is 8. The third-order valence-corrected chi connectivity index (χ3v) is 18.7. The lowest BCUT2D eigenvalue weighted by Gasteiger charge is -2.32. The number of carbonyl (C=O) groups is 10. The van der Waals surface area contributed by atoms with Gasteiger partial charge in [-0.15, -0.1) is 0 Å². The zero-order valence-electron chi connectivity index (χ0n) is 58.9. The molecule has 3 rings (SSSR count). The molecule has 0 aliphatic heterocycles. The van der Waals surface area contributed by atoms with Crippen LogP contribution in [-0.2, 0) is 95.0 Å². The van der Waals surface area contributed by atoms with Crippen LogP contribution in [0.2, 0.25) is 0 Å². The van der Waals surface area contributed by atoms with E-state index < -0.39 is 139 Å². The van der Waals surface area contributed by atoms with Gasteiger partial charge in [0.15, 0.2) is 0 Å². The zero-order valence-corrected chi connectivity index (χ0v) is 61.3. The van der Waals surface area contributed by atoms with Crippen LogP contribution in [-0.4, -0.2) is 290 Å². The molecule has 0 aromatic heterocycles. The van der Waals surface area contributed by atoms with E-state index in [2.05, 4.69) is 10.6 Å². The normalized spacial score (nSPS) is 12.9. The van der Waals surface area contributed by atoms with Gasteiger partial charge in [-0.25, -0.2) is 31.9 Å². The van der Waals surface area contributed by atoms with Gasteiger partial charge in [0, 0.05) is 59.1 Å². The molecule has 2 aromatic carbocycles. The quantitative estimate of drug-likeness (QED) is 0.0320. The molecule has 100 heavy (non-hydrogen) atoms. The second-order valence-corrected chi connectivity index (χ2v) is 28.8. The molecular weight excluding hydrogens is 1360 g/mol. The number of ether oxygens (including phenoxy) is 3. The van der Waals surface area contributed by atoms with Gasteiger partial charge in [-0.05, 0) is 138 Å². The van der Waals surface area contributed by atoms with Crippen LogP contribution in [0.1, 0.15) is 103 Å². The SMILES string of the molecule is CCOCN(CC(=O)N(CCCCN)CC(=O)N(CCc1ccc(S(N)(=O)=O)cc1)CC(=O)N(COC)CC(=O)N(CCCCN)CC(=O)NC(CCSC)C(=O)O)C(=O)CN(CCc1ccc(S(N)(=O)=O)cc1)C(=O)CN(COCC)C(=O)CN(CC(C)C)C(=O)CNC1CCCCC1. The smallest absolute Gasteiger partial charge is 0.326 e. The van der Waals surface area contributed by atoms with Crippen LogP contribution >= 0.6 is 11.8 Å². The maximum atomic E-state index is 14.9. The molecular formula is C65H108N14O18S3. The van der Waals surface area contributed by atoms with Crippen molar-refractivity contribution in [3.05, 3.63) is 59.7 Å². The fraction of sp³-hybridized carbons (Fsp3) is 0.662. The molecule has 0 bridgehead atoms. The van der Waals surface area contributed by atoms with Gasteiger partial charge in [-0.2, -0.15) is 11.8 Å². The number of hydrogen-bond donors (Lipinski definition) is 7. The van der Waals surface area contributed by atoms with Crippen molar-refractivity contribution in [1.29, 1.82) is 0 Å². The average Bonchev–Trinajstić information content (AvgIpc) is 0.892. The number of rotatable bonds is 50. The maximum absolute atomic E-state index is 14.9. The molecule has 0 heterocycles. The first-order valence-electron chi connectivity index (χ1n) is 33.7. The summed E-state index contributed by atoms with van der Waals surface area (Å²) in [6.45, 7) is 1.20. The van der Waals surface area contributed by atoms with Crippen LogP contribution in [0.15, 0.2) is 58.3 Å². The van der Waals surface area contributed by atoms with Crippen LogP contribution in [0, 0.1) is 5.92 Å². The molecule has 0 spiro atoms. The average molecular weight is 1470 g/mol. The van der Waals surface area contributed by atoms with E-state index in [0.717, 1.165) is 56.6 Å². The fourth-order valence-corrected chi connectivity index (χ4v) is 12.1. The van der Waals surface area contributed by atoms with E-state index >= 15 is 0 Å². The number of unbranched alkanes of at least 4 members (excludes halogenated alkanes) is 2. The number of nitrogens with two attached hydrogens (primary N) is 4. The number of sulfonamides is 2. The fourth-order valence-electron chi connectivity index (χ4n) is 10.6. The van der Waals surface area contributed by atoms with E-state index in [9.17, 15) is 69.9 Å². The highest BCUT2D eigenvalue weighted by Gasteiger charge is 2.33. The summed E-state index contributed by atoms with van der Waals surface area (Å²) in [5, 5.41) is 26.3. The summed E-state index contributed by atoms with van der Waals surface area (Å²) in [4.78, 5) is 150. The second kappa shape index (κ2) is 46.6. The van der Waals surface area contributed by atoms with Crippen molar-refractivity contribution in [2.24, 2.45) is 27.7 Å². The Balaban J connectivity index is 2.05. The van der Waals surface area contributed by atoms with Crippen LogP contribution < -0.4 is 32.4 Å². The molecule has 1 aliphatic carbocycles. The summed E-state index contributed by atoms with van der Waals surface area (Å²) in [7, 11) is -6.90. The number of methoxy groups -OCH3 is 1. The summed E-state index contributed by atoms with van der Waals surface area (Å²) in [5.74, 6) is -7.18. The molecule has 9 amide bonds. The number of carbonyl (C=O) groups excluding carboxylic acids is 9. The summed E-state index contributed by atoms with van der Waals surface area (Å²) < 4.78 is 65.3. The summed E-state index contributed by atoms with van der Waals surface area (Å²) in [6, 6.07) is 9.95. The lowest BCUT2D eigenvalue weighted by molar-refractivity contribution is -0.152. The standard InChI is InChI=1S/C65H108N14O18S3/c1-7-96-47-78(63(87)41-75(34-27-51-20-24-54(25-21-51)100(69,93)94)61(85)45-79(48-97-8-2)64(88)42-76(37-49(3)4)57(81)36-70-52-16-10-9-11-17-52)44-60(84)73(32-15-13-30-67)39-58(82)74(33-26-50-18-22-53(23-19-50)99(68,91)92)40-62(86)77(46-95-5)43-59(83)72(31-14-12-29-66)38-56(80)71-55(65(89)90)28-35-98-6/h18-25,49,52,55,70H,7-17,26-48,66-67H2,1-6H3,(H,71,80)(H,89,90)(H2,68,91,92)(H2,69,93,94). The second-order valence-electron chi connectivity index (χ2n) is 24.7. The minimum absolute atomic E-state index is 0.00722. The number of carboxylic acids is 1. The highest BCUT2D eigenvalue weighted by molar-refractivity contribution is 7.98. The Morgan fingerprint density at radius 1 is 0.540 bits per heavy atom. The van der Waals surface area contributed by atoms with Crippen molar-refractivity contribution in [2.45, 2.75) is 127 Å². The first-order chi connectivity index (χ1) is 47.5. The van der Waals surface area contributed by atoms with E-state index in [1.54, 1.807) is 20.1 Å². The Morgan fingerprint density at radius 2 is 0.920 bits per heavy atom. The molecule has 1 unspecified atom stereocenters. The highest BCUT2D eigenvalue weighted by Crippen LogP contribution is 2.18. The molecule has 11 N–H and O–H groups in total. The first kappa shape index (κ1) is 87.3. The topological polar surface area (TPSA) is 441 Å². The van der Waals surface area contributed by atoms with Gasteiger partial charge in [0.05, 0.1) is 49.1 Å². The number of hydrogen-bond acceptors (Lipinski definition) is 21. The maximum Gasteiger partial charge on any atom is 0.326 e. The minimum Gasteiger partial charge on any atom is -0.480 e. The monoisotopic (exact) mass is 1470 g/mol. The molecule has 1 fully saturated rings. The summed E-state index contributed by atoms with van der Waals surface area (Å²) in [5.41, 5.74) is 12.7. The number of amides is 9.